The van der Waals surface area contributed by atoms with Gasteiger partial charge in [0.05, 0.1) is 18.8 Å². The maximum absolute atomic E-state index is 10.6. The lowest BCUT2D eigenvalue weighted by Crippen LogP contribution is -2.52. The maximum atomic E-state index is 10.6. The van der Waals surface area contributed by atoms with Gasteiger partial charge in [0, 0.05) is 32.2 Å². The number of morpholine rings is 1. The van der Waals surface area contributed by atoms with Gasteiger partial charge < -0.3 is 15.2 Å². The van der Waals surface area contributed by atoms with Gasteiger partial charge in [-0.2, -0.15) is 0 Å². The van der Waals surface area contributed by atoms with E-state index in [0.717, 1.165) is 38.8 Å². The third kappa shape index (κ3) is 5.32. The van der Waals surface area contributed by atoms with Gasteiger partial charge in [0.15, 0.2) is 0 Å². The highest BCUT2D eigenvalue weighted by Crippen LogP contribution is 2.26. The number of β-amino-alcohol motifs (C(OH)–C–C–N with tert-alkyl or cyclic N) is 1. The topological polar surface area (TPSA) is 44.7 Å². The molecule has 0 bridgehead atoms. The average molecular weight is 284 g/mol. The number of hydrogen-bond donors (Lipinski definition) is 2. The molecule has 1 saturated heterocycles. The Morgan fingerprint density at radius 1 is 1.30 bits per heavy atom. The summed E-state index contributed by atoms with van der Waals surface area (Å²) in [5, 5.41) is 14.2. The zero-order chi connectivity index (χ0) is 14.4. The monoisotopic (exact) mass is 284 g/mol. The third-order valence-corrected chi connectivity index (χ3v) is 4.80. The van der Waals surface area contributed by atoms with Crippen LogP contribution < -0.4 is 5.32 Å². The Morgan fingerprint density at radius 3 is 2.75 bits per heavy atom. The number of rotatable bonds is 6. The predicted octanol–water partition coefficient (Wildman–Crippen LogP) is 1.63. The first-order valence-electron chi connectivity index (χ1n) is 8.35. The highest BCUT2D eigenvalue weighted by molar-refractivity contribution is 4.85. The molecule has 1 aliphatic carbocycles. The molecule has 20 heavy (non-hydrogen) atoms. The van der Waals surface area contributed by atoms with Crippen molar-refractivity contribution in [2.75, 3.05) is 39.4 Å². The van der Waals surface area contributed by atoms with Gasteiger partial charge in [0.2, 0.25) is 0 Å². The molecule has 0 radical (unpaired) electrons. The fraction of sp³-hybridized carbons (Fsp3) is 1.00. The number of hydrogen-bond acceptors (Lipinski definition) is 4. The normalized spacial score (nSPS) is 31.9. The first-order valence-corrected chi connectivity index (χ1v) is 8.35. The fourth-order valence-corrected chi connectivity index (χ4v) is 3.51. The fourth-order valence-electron chi connectivity index (χ4n) is 3.51. The SMILES string of the molecule is CCC1CCCC(NCC(C)(O)CN2CCOCC2)C1. The molecule has 2 aliphatic rings. The van der Waals surface area contributed by atoms with Crippen LogP contribution >= 0.6 is 0 Å². The van der Waals surface area contributed by atoms with Crippen LogP contribution in [0, 0.1) is 5.92 Å². The van der Waals surface area contributed by atoms with Gasteiger partial charge in [-0.1, -0.05) is 26.2 Å². The van der Waals surface area contributed by atoms with Gasteiger partial charge in [-0.05, 0) is 25.7 Å². The van der Waals surface area contributed by atoms with Crippen LogP contribution in [0.15, 0.2) is 0 Å². The van der Waals surface area contributed by atoms with Gasteiger partial charge >= 0.3 is 0 Å². The molecule has 2 fully saturated rings. The van der Waals surface area contributed by atoms with E-state index in [-0.39, 0.29) is 0 Å². The Labute approximate surface area is 123 Å². The summed E-state index contributed by atoms with van der Waals surface area (Å²) in [4.78, 5) is 2.31. The van der Waals surface area contributed by atoms with E-state index >= 15 is 0 Å². The number of nitrogens with zero attached hydrogens (tertiary/aromatic N) is 1. The molecule has 0 aromatic heterocycles. The summed E-state index contributed by atoms with van der Waals surface area (Å²) in [7, 11) is 0. The largest absolute Gasteiger partial charge is 0.388 e. The number of ether oxygens (including phenoxy) is 1. The standard InChI is InChI=1S/C16H32N2O2/c1-3-14-5-4-6-15(11-14)17-12-16(2,19)13-18-7-9-20-10-8-18/h14-15,17,19H,3-13H2,1-2H3. The van der Waals surface area contributed by atoms with Crippen LogP contribution in [0.1, 0.15) is 46.0 Å². The average Bonchev–Trinajstić information content (AvgIpc) is 2.46. The summed E-state index contributed by atoms with van der Waals surface area (Å²) in [5.41, 5.74) is -0.642. The molecule has 2 N–H and O–H groups in total. The van der Waals surface area contributed by atoms with E-state index in [9.17, 15) is 5.11 Å². The Bertz CT molecular complexity index is 278. The first kappa shape index (κ1) is 16.2. The van der Waals surface area contributed by atoms with Crippen LogP contribution in [0.25, 0.3) is 0 Å². The van der Waals surface area contributed by atoms with E-state index in [1.165, 1.54) is 32.1 Å². The molecule has 4 nitrogen and oxygen atoms in total. The van der Waals surface area contributed by atoms with E-state index < -0.39 is 5.60 Å². The molecule has 4 heteroatoms. The number of nitrogens with one attached hydrogen (secondary N) is 1. The van der Waals surface area contributed by atoms with Crippen molar-refractivity contribution < 1.29 is 9.84 Å². The Balaban J connectivity index is 1.70. The second-order valence-electron chi connectivity index (χ2n) is 6.90. The van der Waals surface area contributed by atoms with Crippen molar-refractivity contribution in [3.05, 3.63) is 0 Å². The highest BCUT2D eigenvalue weighted by Gasteiger charge is 2.27. The Morgan fingerprint density at radius 2 is 2.05 bits per heavy atom. The number of aliphatic hydroxyl groups is 1. The first-order chi connectivity index (χ1) is 9.59. The molecule has 0 aromatic rings. The van der Waals surface area contributed by atoms with Crippen molar-refractivity contribution in [2.24, 2.45) is 5.92 Å². The molecular weight excluding hydrogens is 252 g/mol. The van der Waals surface area contributed by atoms with Crippen LogP contribution in [0.2, 0.25) is 0 Å². The molecule has 0 amide bonds. The van der Waals surface area contributed by atoms with Crippen molar-refractivity contribution in [1.82, 2.24) is 10.2 Å². The second kappa shape index (κ2) is 7.74. The maximum Gasteiger partial charge on any atom is 0.0869 e. The van der Waals surface area contributed by atoms with E-state index in [1.54, 1.807) is 0 Å². The van der Waals surface area contributed by atoms with Gasteiger partial charge in [-0.25, -0.2) is 0 Å². The van der Waals surface area contributed by atoms with E-state index in [2.05, 4.69) is 17.1 Å². The summed E-state index contributed by atoms with van der Waals surface area (Å²) in [6, 6.07) is 0.602. The van der Waals surface area contributed by atoms with Crippen molar-refractivity contribution in [3.63, 3.8) is 0 Å². The molecule has 118 valence electrons. The lowest BCUT2D eigenvalue weighted by Gasteiger charge is -2.36. The van der Waals surface area contributed by atoms with Crippen molar-refractivity contribution in [3.8, 4) is 0 Å². The third-order valence-electron chi connectivity index (χ3n) is 4.80. The molecule has 3 atom stereocenters. The molecule has 1 saturated carbocycles. The summed E-state index contributed by atoms with van der Waals surface area (Å²) >= 11 is 0. The van der Waals surface area contributed by atoms with Crippen molar-refractivity contribution >= 4 is 0 Å². The van der Waals surface area contributed by atoms with Crippen LogP contribution in [-0.2, 0) is 4.74 Å². The molecule has 3 unspecified atom stereocenters. The minimum absolute atomic E-state index is 0.602. The lowest BCUT2D eigenvalue weighted by atomic mass is 9.84. The summed E-state index contributed by atoms with van der Waals surface area (Å²) in [6.07, 6.45) is 6.57. The summed E-state index contributed by atoms with van der Waals surface area (Å²) < 4.78 is 5.35. The minimum atomic E-state index is -0.642. The zero-order valence-electron chi connectivity index (χ0n) is 13.2. The highest BCUT2D eigenvalue weighted by atomic mass is 16.5. The van der Waals surface area contributed by atoms with Gasteiger partial charge in [-0.15, -0.1) is 0 Å². The molecular formula is C16H32N2O2. The quantitative estimate of drug-likeness (QED) is 0.778. The molecule has 0 spiro atoms. The van der Waals surface area contributed by atoms with Crippen LogP contribution in [-0.4, -0.2) is 61.0 Å². The summed E-state index contributed by atoms with van der Waals surface area (Å²) in [6.45, 7) is 9.17. The lowest BCUT2D eigenvalue weighted by molar-refractivity contribution is -0.0235. The summed E-state index contributed by atoms with van der Waals surface area (Å²) in [5.74, 6) is 0.880. The van der Waals surface area contributed by atoms with E-state index in [0.29, 0.717) is 12.6 Å². The van der Waals surface area contributed by atoms with Gasteiger partial charge in [-0.3, -0.25) is 4.90 Å². The van der Waals surface area contributed by atoms with E-state index in [4.69, 9.17) is 4.74 Å². The molecule has 2 rings (SSSR count). The smallest absolute Gasteiger partial charge is 0.0869 e. The van der Waals surface area contributed by atoms with Crippen molar-refractivity contribution in [1.29, 1.82) is 0 Å². The minimum Gasteiger partial charge on any atom is -0.388 e. The van der Waals surface area contributed by atoms with Gasteiger partial charge in [0.1, 0.15) is 0 Å². The van der Waals surface area contributed by atoms with Crippen LogP contribution in [0.5, 0.6) is 0 Å². The van der Waals surface area contributed by atoms with Crippen molar-refractivity contribution in [2.45, 2.75) is 57.6 Å². The van der Waals surface area contributed by atoms with Crippen LogP contribution in [0.4, 0.5) is 0 Å². The Hall–Kier alpha value is -0.160. The second-order valence-corrected chi connectivity index (χ2v) is 6.90. The molecule has 1 aliphatic heterocycles. The zero-order valence-corrected chi connectivity index (χ0v) is 13.2. The van der Waals surface area contributed by atoms with Gasteiger partial charge in [0.25, 0.3) is 0 Å². The van der Waals surface area contributed by atoms with Crippen LogP contribution in [0.3, 0.4) is 0 Å². The van der Waals surface area contributed by atoms with E-state index in [1.807, 2.05) is 6.92 Å². The predicted molar refractivity (Wildman–Crippen MR) is 81.9 cm³/mol. The molecule has 0 aromatic carbocycles. The Kier molecular flexibility index (Phi) is 6.27. The molecule has 1 heterocycles.